The van der Waals surface area contributed by atoms with E-state index in [-0.39, 0.29) is 5.66 Å². The van der Waals surface area contributed by atoms with Crippen LogP contribution in [0.2, 0.25) is 0 Å². The van der Waals surface area contributed by atoms with Gasteiger partial charge in [-0.3, -0.25) is 5.32 Å². The summed E-state index contributed by atoms with van der Waals surface area (Å²) in [6.45, 7) is 7.46. The fraction of sp³-hybridized carbons (Fsp3) is 0.750. The van der Waals surface area contributed by atoms with Gasteiger partial charge in [-0.1, -0.05) is 19.8 Å². The van der Waals surface area contributed by atoms with Crippen LogP contribution in [-0.4, -0.2) is 30.0 Å². The van der Waals surface area contributed by atoms with Gasteiger partial charge < -0.3 is 4.90 Å². The molecule has 86 valence electrons. The summed E-state index contributed by atoms with van der Waals surface area (Å²) in [5.41, 5.74) is -0.217. The predicted molar refractivity (Wildman–Crippen MR) is 65.9 cm³/mol. The van der Waals surface area contributed by atoms with Crippen molar-refractivity contribution < 1.29 is 0 Å². The first-order valence-corrected chi connectivity index (χ1v) is 5.82. The van der Waals surface area contributed by atoms with Gasteiger partial charge in [-0.2, -0.15) is 0 Å². The fourth-order valence-electron chi connectivity index (χ4n) is 1.69. The highest BCUT2D eigenvalue weighted by atomic mass is 15.2. The van der Waals surface area contributed by atoms with E-state index in [9.17, 15) is 0 Å². The van der Waals surface area contributed by atoms with E-state index in [1.54, 1.807) is 0 Å². The first-order chi connectivity index (χ1) is 7.11. The third-order valence-electron chi connectivity index (χ3n) is 2.90. The van der Waals surface area contributed by atoms with Crippen molar-refractivity contribution in [3.8, 4) is 0 Å². The maximum Gasteiger partial charge on any atom is 0.129 e. The Hall–Kier alpha value is -0.830. The zero-order valence-corrected chi connectivity index (χ0v) is 10.4. The van der Waals surface area contributed by atoms with Crippen molar-refractivity contribution in [2.24, 2.45) is 4.99 Å². The lowest BCUT2D eigenvalue weighted by Crippen LogP contribution is -2.42. The average molecular weight is 209 g/mol. The summed E-state index contributed by atoms with van der Waals surface area (Å²) in [5.74, 6) is 1.10. The van der Waals surface area contributed by atoms with Crippen molar-refractivity contribution >= 4 is 5.84 Å². The third-order valence-corrected chi connectivity index (χ3v) is 2.90. The maximum atomic E-state index is 4.64. The van der Waals surface area contributed by atoms with Crippen LogP contribution in [0.3, 0.4) is 0 Å². The Balaban J connectivity index is 2.51. The second-order valence-corrected chi connectivity index (χ2v) is 4.27. The molecule has 3 nitrogen and oxygen atoms in total. The van der Waals surface area contributed by atoms with Gasteiger partial charge in [0.2, 0.25) is 0 Å². The lowest BCUT2D eigenvalue weighted by Gasteiger charge is -2.31. The second-order valence-electron chi connectivity index (χ2n) is 4.27. The SMILES string of the molecule is CCCCCN1C=CC(C)(NC)N=C1C. The van der Waals surface area contributed by atoms with Crippen LogP contribution >= 0.6 is 0 Å². The maximum absolute atomic E-state index is 4.64. The fourth-order valence-corrected chi connectivity index (χ4v) is 1.69. The molecule has 0 aromatic rings. The van der Waals surface area contributed by atoms with Crippen molar-refractivity contribution in [3.63, 3.8) is 0 Å². The molecule has 1 aliphatic heterocycles. The number of amidine groups is 1. The second kappa shape index (κ2) is 5.31. The minimum atomic E-state index is -0.217. The van der Waals surface area contributed by atoms with Gasteiger partial charge in [0, 0.05) is 12.7 Å². The quantitative estimate of drug-likeness (QED) is 0.704. The highest BCUT2D eigenvalue weighted by Crippen LogP contribution is 2.15. The Bertz CT molecular complexity index is 258. The highest BCUT2D eigenvalue weighted by Gasteiger charge is 2.22. The largest absolute Gasteiger partial charge is 0.337 e. The molecule has 0 fully saturated rings. The molecular weight excluding hydrogens is 186 g/mol. The van der Waals surface area contributed by atoms with Gasteiger partial charge in [0.25, 0.3) is 0 Å². The van der Waals surface area contributed by atoms with Crippen LogP contribution in [0.5, 0.6) is 0 Å². The Labute approximate surface area is 93.3 Å². The number of hydrogen-bond donors (Lipinski definition) is 1. The molecule has 0 saturated carbocycles. The Morgan fingerprint density at radius 2 is 2.20 bits per heavy atom. The number of nitrogens with zero attached hydrogens (tertiary/aromatic N) is 2. The molecule has 0 spiro atoms. The number of unbranched alkanes of at least 4 members (excludes halogenated alkanes) is 2. The summed E-state index contributed by atoms with van der Waals surface area (Å²) in [6, 6.07) is 0. The van der Waals surface area contributed by atoms with Crippen LogP contribution in [0.15, 0.2) is 17.3 Å². The van der Waals surface area contributed by atoms with Gasteiger partial charge in [-0.15, -0.1) is 0 Å². The predicted octanol–water partition coefficient (Wildman–Crippen LogP) is 2.36. The zero-order chi connectivity index (χ0) is 11.3. The topological polar surface area (TPSA) is 27.6 Å². The summed E-state index contributed by atoms with van der Waals surface area (Å²) in [5, 5.41) is 3.20. The van der Waals surface area contributed by atoms with E-state index in [0.717, 1.165) is 12.4 Å². The summed E-state index contributed by atoms with van der Waals surface area (Å²) in [6.07, 6.45) is 8.06. The molecule has 0 radical (unpaired) electrons. The van der Waals surface area contributed by atoms with Crippen LogP contribution in [-0.2, 0) is 0 Å². The van der Waals surface area contributed by atoms with Gasteiger partial charge in [0.1, 0.15) is 11.5 Å². The van der Waals surface area contributed by atoms with Gasteiger partial charge in [0.05, 0.1) is 0 Å². The van der Waals surface area contributed by atoms with E-state index in [2.05, 4.69) is 48.3 Å². The third kappa shape index (κ3) is 3.34. The van der Waals surface area contributed by atoms with Crippen molar-refractivity contribution in [1.82, 2.24) is 10.2 Å². The molecular formula is C12H23N3. The molecule has 1 rings (SSSR count). The van der Waals surface area contributed by atoms with E-state index in [1.807, 2.05) is 7.05 Å². The van der Waals surface area contributed by atoms with Crippen LogP contribution in [0.4, 0.5) is 0 Å². The van der Waals surface area contributed by atoms with Crippen molar-refractivity contribution in [2.75, 3.05) is 13.6 Å². The standard InChI is InChI=1S/C12H23N3/c1-5-6-7-9-15-10-8-12(3,13-4)14-11(15)2/h8,10,13H,5-7,9H2,1-4H3. The molecule has 1 aliphatic rings. The summed E-state index contributed by atoms with van der Waals surface area (Å²) < 4.78 is 0. The van der Waals surface area contributed by atoms with Gasteiger partial charge >= 0.3 is 0 Å². The van der Waals surface area contributed by atoms with Crippen molar-refractivity contribution in [2.45, 2.75) is 45.7 Å². The summed E-state index contributed by atoms with van der Waals surface area (Å²) >= 11 is 0. The number of aliphatic imine (C=N–C) groups is 1. The average Bonchev–Trinajstić information content (AvgIpc) is 2.22. The smallest absolute Gasteiger partial charge is 0.129 e. The minimum Gasteiger partial charge on any atom is -0.337 e. The molecule has 0 bridgehead atoms. The lowest BCUT2D eigenvalue weighted by molar-refractivity contribution is 0.436. The van der Waals surface area contributed by atoms with Crippen LogP contribution in [0.25, 0.3) is 0 Å². The van der Waals surface area contributed by atoms with E-state index < -0.39 is 0 Å². The lowest BCUT2D eigenvalue weighted by atomic mass is 10.1. The number of hydrogen-bond acceptors (Lipinski definition) is 3. The first kappa shape index (κ1) is 12.2. The molecule has 0 amide bonds. The van der Waals surface area contributed by atoms with Crippen LogP contribution in [0, 0.1) is 0 Å². The van der Waals surface area contributed by atoms with Gasteiger partial charge in [-0.25, -0.2) is 4.99 Å². The summed E-state index contributed by atoms with van der Waals surface area (Å²) in [7, 11) is 1.94. The van der Waals surface area contributed by atoms with E-state index in [1.165, 1.54) is 19.3 Å². The Morgan fingerprint density at radius 1 is 1.47 bits per heavy atom. The van der Waals surface area contributed by atoms with E-state index >= 15 is 0 Å². The van der Waals surface area contributed by atoms with Crippen molar-refractivity contribution in [1.29, 1.82) is 0 Å². The summed E-state index contributed by atoms with van der Waals surface area (Å²) in [4.78, 5) is 6.87. The Kier molecular flexibility index (Phi) is 4.33. The van der Waals surface area contributed by atoms with Crippen LogP contribution < -0.4 is 5.32 Å². The Morgan fingerprint density at radius 3 is 2.73 bits per heavy atom. The normalized spacial score (nSPS) is 25.6. The molecule has 1 atom stereocenters. The number of likely N-dealkylation sites (N-methyl/N-ethyl adjacent to an activating group) is 1. The van der Waals surface area contributed by atoms with Crippen LogP contribution in [0.1, 0.15) is 40.0 Å². The molecule has 1 N–H and O–H groups in total. The first-order valence-electron chi connectivity index (χ1n) is 5.82. The van der Waals surface area contributed by atoms with E-state index in [4.69, 9.17) is 0 Å². The molecule has 0 aromatic heterocycles. The van der Waals surface area contributed by atoms with E-state index in [0.29, 0.717) is 0 Å². The molecule has 0 aliphatic carbocycles. The molecule has 0 saturated heterocycles. The molecule has 0 aromatic carbocycles. The molecule has 15 heavy (non-hydrogen) atoms. The zero-order valence-electron chi connectivity index (χ0n) is 10.4. The van der Waals surface area contributed by atoms with Crippen molar-refractivity contribution in [3.05, 3.63) is 12.3 Å². The van der Waals surface area contributed by atoms with Gasteiger partial charge in [-0.05, 0) is 33.4 Å². The number of nitrogens with one attached hydrogen (secondary N) is 1. The number of rotatable bonds is 5. The molecule has 3 heteroatoms. The molecule has 1 heterocycles. The molecule has 1 unspecified atom stereocenters. The highest BCUT2D eigenvalue weighted by molar-refractivity contribution is 5.82. The van der Waals surface area contributed by atoms with Gasteiger partial charge in [0.15, 0.2) is 0 Å². The minimum absolute atomic E-state index is 0.217. The monoisotopic (exact) mass is 209 g/mol.